The number of halogens is 4. The minimum Gasteiger partial charge on any atom is -0.493 e. The summed E-state index contributed by atoms with van der Waals surface area (Å²) in [5.74, 6) is -1.08. The Morgan fingerprint density at radius 2 is 1.88 bits per heavy atom. The van der Waals surface area contributed by atoms with Crippen molar-refractivity contribution in [3.8, 4) is 28.5 Å². The zero-order valence-corrected chi connectivity index (χ0v) is 22.4. The molecule has 13 heteroatoms. The molecule has 1 aliphatic rings. The monoisotopic (exact) mass is 579 g/mol. The van der Waals surface area contributed by atoms with Gasteiger partial charge in [0.25, 0.3) is 5.91 Å². The molecular formula is C28H29F4N3O6. The Morgan fingerprint density at radius 3 is 2.49 bits per heavy atom. The van der Waals surface area contributed by atoms with Gasteiger partial charge in [0.2, 0.25) is 5.60 Å². The first-order valence-electron chi connectivity index (χ1n) is 12.5. The summed E-state index contributed by atoms with van der Waals surface area (Å²) >= 11 is 0. The van der Waals surface area contributed by atoms with Crippen LogP contribution in [-0.2, 0) is 11.1 Å². The lowest BCUT2D eigenvalue weighted by molar-refractivity contribution is -0.265. The molecule has 220 valence electrons. The number of nitrogens with two attached hydrogens (primary N) is 1. The van der Waals surface area contributed by atoms with Gasteiger partial charge in [-0.05, 0) is 62.4 Å². The minimum absolute atomic E-state index is 0.0545. The van der Waals surface area contributed by atoms with Gasteiger partial charge in [-0.3, -0.25) is 4.79 Å². The highest BCUT2D eigenvalue weighted by Gasteiger charge is 2.57. The van der Waals surface area contributed by atoms with E-state index in [0.29, 0.717) is 0 Å². The van der Waals surface area contributed by atoms with E-state index in [1.807, 2.05) is 0 Å². The van der Waals surface area contributed by atoms with Crippen LogP contribution in [0.2, 0.25) is 0 Å². The van der Waals surface area contributed by atoms with Crippen molar-refractivity contribution in [3.05, 3.63) is 71.2 Å². The smallest absolute Gasteiger partial charge is 0.424 e. The molecular weight excluding hydrogens is 550 g/mol. The lowest BCUT2D eigenvalue weighted by Gasteiger charge is -2.31. The van der Waals surface area contributed by atoms with E-state index in [1.54, 1.807) is 6.92 Å². The van der Waals surface area contributed by atoms with Crippen molar-refractivity contribution >= 4 is 5.91 Å². The zero-order chi connectivity index (χ0) is 30.2. The van der Waals surface area contributed by atoms with Crippen LogP contribution in [0.25, 0.3) is 11.3 Å². The van der Waals surface area contributed by atoms with Gasteiger partial charge in [-0.1, -0.05) is 0 Å². The number of benzene rings is 2. The number of carbonyl (C=O) groups is 1. The average molecular weight is 580 g/mol. The summed E-state index contributed by atoms with van der Waals surface area (Å²) in [5.41, 5.74) is 0.837. The van der Waals surface area contributed by atoms with Crippen LogP contribution in [0.3, 0.4) is 0 Å². The molecule has 0 bridgehead atoms. The van der Waals surface area contributed by atoms with Gasteiger partial charge in [0.1, 0.15) is 24.7 Å². The number of aliphatic hydroxyl groups is 2. The lowest BCUT2D eigenvalue weighted by atomic mass is 9.89. The fraction of sp³-hybridized carbons (Fsp3) is 0.357. The van der Waals surface area contributed by atoms with E-state index >= 15 is 0 Å². The topological polar surface area (TPSA) is 136 Å². The Kier molecular flexibility index (Phi) is 8.16. The van der Waals surface area contributed by atoms with Crippen LogP contribution in [0.1, 0.15) is 35.5 Å². The molecule has 9 nitrogen and oxygen atoms in total. The molecule has 1 amide bonds. The Bertz CT molecular complexity index is 1430. The fourth-order valence-corrected chi connectivity index (χ4v) is 4.20. The number of hydrogen-bond donors (Lipinski definition) is 4. The van der Waals surface area contributed by atoms with Gasteiger partial charge in [-0.25, -0.2) is 9.37 Å². The SMILES string of the molecule is COc1cc(C(=O)NCC(O)(c2cc3c(c(-c4ccc(F)cc4)n2)OC[C@@]3(C)N)C(F)(F)F)ccc1OC[C@H](C)O. The molecule has 0 aliphatic carbocycles. The molecule has 41 heavy (non-hydrogen) atoms. The molecule has 0 spiro atoms. The molecule has 3 atom stereocenters. The number of methoxy groups -OCH3 is 1. The van der Waals surface area contributed by atoms with E-state index in [0.717, 1.165) is 18.2 Å². The van der Waals surface area contributed by atoms with E-state index in [1.165, 1.54) is 44.4 Å². The van der Waals surface area contributed by atoms with Crippen molar-refractivity contribution in [3.63, 3.8) is 0 Å². The maximum absolute atomic E-state index is 14.5. The third-order valence-corrected chi connectivity index (χ3v) is 6.53. The molecule has 2 aromatic carbocycles. The van der Waals surface area contributed by atoms with Gasteiger partial charge in [-0.15, -0.1) is 0 Å². The Morgan fingerprint density at radius 1 is 1.20 bits per heavy atom. The number of hydrogen-bond acceptors (Lipinski definition) is 8. The van der Waals surface area contributed by atoms with Crippen molar-refractivity contribution in [2.45, 2.75) is 37.3 Å². The van der Waals surface area contributed by atoms with Crippen molar-refractivity contribution in [1.29, 1.82) is 0 Å². The highest BCUT2D eigenvalue weighted by molar-refractivity contribution is 5.95. The first-order chi connectivity index (χ1) is 19.2. The minimum atomic E-state index is -5.29. The second-order valence-electron chi connectivity index (χ2n) is 10.0. The van der Waals surface area contributed by atoms with Crippen molar-refractivity contribution in [1.82, 2.24) is 10.3 Å². The predicted molar refractivity (Wildman–Crippen MR) is 139 cm³/mol. The third kappa shape index (κ3) is 6.06. The Hall–Kier alpha value is -3.94. The highest BCUT2D eigenvalue weighted by atomic mass is 19.4. The predicted octanol–water partition coefficient (Wildman–Crippen LogP) is 3.40. The third-order valence-electron chi connectivity index (χ3n) is 6.53. The Labute approximate surface area is 232 Å². The molecule has 1 aliphatic heterocycles. The molecule has 3 aromatic rings. The summed E-state index contributed by atoms with van der Waals surface area (Å²) in [6.07, 6.45) is -6.06. The van der Waals surface area contributed by atoms with Gasteiger partial charge in [0.05, 0.1) is 31.0 Å². The molecule has 0 saturated heterocycles. The van der Waals surface area contributed by atoms with Crippen LogP contribution in [0.5, 0.6) is 17.2 Å². The van der Waals surface area contributed by atoms with E-state index < -0.39 is 47.4 Å². The van der Waals surface area contributed by atoms with E-state index in [2.05, 4.69) is 10.3 Å². The van der Waals surface area contributed by atoms with Crippen LogP contribution >= 0.6 is 0 Å². The molecule has 0 radical (unpaired) electrons. The van der Waals surface area contributed by atoms with Gasteiger partial charge in [-0.2, -0.15) is 13.2 Å². The number of fused-ring (bicyclic) bond motifs is 1. The van der Waals surface area contributed by atoms with Crippen LogP contribution in [0, 0.1) is 5.82 Å². The quantitative estimate of drug-likeness (QED) is 0.283. The molecule has 1 aromatic heterocycles. The molecule has 1 unspecified atom stereocenters. The molecule has 2 heterocycles. The molecule has 4 rings (SSSR count). The maximum atomic E-state index is 14.5. The van der Waals surface area contributed by atoms with Crippen LogP contribution < -0.4 is 25.3 Å². The summed E-state index contributed by atoms with van der Waals surface area (Å²) < 4.78 is 73.3. The number of carbonyl (C=O) groups excluding carboxylic acids is 1. The van der Waals surface area contributed by atoms with E-state index in [9.17, 15) is 32.6 Å². The molecule has 0 fully saturated rings. The number of aliphatic hydroxyl groups excluding tert-OH is 1. The first kappa shape index (κ1) is 30.0. The summed E-state index contributed by atoms with van der Waals surface area (Å²) in [4.78, 5) is 17.0. The van der Waals surface area contributed by atoms with Gasteiger partial charge in [0, 0.05) is 16.7 Å². The summed E-state index contributed by atoms with van der Waals surface area (Å²) in [7, 11) is 1.31. The van der Waals surface area contributed by atoms with Crippen molar-refractivity contribution < 1.29 is 46.8 Å². The Balaban J connectivity index is 1.70. The second kappa shape index (κ2) is 11.1. The van der Waals surface area contributed by atoms with Gasteiger partial charge in [0.15, 0.2) is 17.2 Å². The number of nitrogens with one attached hydrogen (secondary N) is 1. The molecule has 5 N–H and O–H groups in total. The first-order valence-corrected chi connectivity index (χ1v) is 12.5. The fourth-order valence-electron chi connectivity index (χ4n) is 4.20. The normalized spacial score (nSPS) is 18.6. The van der Waals surface area contributed by atoms with Gasteiger partial charge < -0.3 is 35.5 Å². The molecule has 0 saturated carbocycles. The summed E-state index contributed by atoms with van der Waals surface area (Å²) in [5, 5.41) is 22.6. The standard InChI is InChI=1S/C28H29F4N3O6/c1-15(36)12-40-20-9-6-17(10-21(20)39-3)25(37)34-13-27(38,28(30,31)32)22-11-19-24(41-14-26(19,2)33)23(35-22)16-4-7-18(29)8-5-16/h4-11,15,36,38H,12-14,33H2,1-3H3,(H,34,37)/t15-,26+,27?/m0/s1. The number of nitrogens with zero attached hydrogens (tertiary/aromatic N) is 1. The summed E-state index contributed by atoms with van der Waals surface area (Å²) in [6, 6.07) is 9.75. The number of amides is 1. The van der Waals surface area contributed by atoms with Crippen LogP contribution in [-0.4, -0.2) is 60.3 Å². The second-order valence-corrected chi connectivity index (χ2v) is 10.0. The van der Waals surface area contributed by atoms with Crippen LogP contribution in [0.15, 0.2) is 48.5 Å². The summed E-state index contributed by atoms with van der Waals surface area (Å²) in [6.45, 7) is 1.64. The number of pyridine rings is 1. The lowest BCUT2D eigenvalue weighted by Crippen LogP contribution is -2.51. The van der Waals surface area contributed by atoms with Crippen LogP contribution in [0.4, 0.5) is 17.6 Å². The number of alkyl halides is 3. The largest absolute Gasteiger partial charge is 0.493 e. The average Bonchev–Trinajstić information content (AvgIpc) is 3.23. The number of ether oxygens (including phenoxy) is 3. The number of rotatable bonds is 9. The zero-order valence-electron chi connectivity index (χ0n) is 22.4. The highest BCUT2D eigenvalue weighted by Crippen LogP contribution is 2.46. The van der Waals surface area contributed by atoms with Crippen molar-refractivity contribution in [2.75, 3.05) is 26.9 Å². The van der Waals surface area contributed by atoms with Gasteiger partial charge >= 0.3 is 6.18 Å². The van der Waals surface area contributed by atoms with E-state index in [-0.39, 0.29) is 52.8 Å². The van der Waals surface area contributed by atoms with E-state index in [4.69, 9.17) is 19.9 Å². The number of aromatic nitrogens is 1. The van der Waals surface area contributed by atoms with Crippen molar-refractivity contribution in [2.24, 2.45) is 5.73 Å². The maximum Gasteiger partial charge on any atom is 0.424 e.